The highest BCUT2D eigenvalue weighted by molar-refractivity contribution is 7.89. The summed E-state index contributed by atoms with van der Waals surface area (Å²) >= 11 is 0. The van der Waals surface area contributed by atoms with Crippen LogP contribution < -0.4 is 9.46 Å². The van der Waals surface area contributed by atoms with Gasteiger partial charge in [-0.25, -0.2) is 13.1 Å². The summed E-state index contributed by atoms with van der Waals surface area (Å²) in [4.78, 5) is 18.4. The van der Waals surface area contributed by atoms with E-state index in [2.05, 4.69) is 14.9 Å². The second-order valence-corrected chi connectivity index (χ2v) is 8.03. The molecule has 1 aromatic heterocycles. The maximum Gasteiger partial charge on any atom is 0.254 e. The number of hydrogen-bond acceptors (Lipinski definition) is 7. The van der Waals surface area contributed by atoms with Crippen molar-refractivity contribution in [1.29, 1.82) is 0 Å². The van der Waals surface area contributed by atoms with Gasteiger partial charge in [-0.05, 0) is 37.4 Å². The van der Waals surface area contributed by atoms with E-state index in [9.17, 15) is 13.2 Å². The highest BCUT2D eigenvalue weighted by Crippen LogP contribution is 2.21. The zero-order valence-electron chi connectivity index (χ0n) is 16.1. The lowest BCUT2D eigenvalue weighted by molar-refractivity contribution is 0.0769. The van der Waals surface area contributed by atoms with Crippen molar-refractivity contribution in [2.24, 2.45) is 0 Å². The highest BCUT2D eigenvalue weighted by Gasteiger charge is 2.19. The van der Waals surface area contributed by atoms with Crippen LogP contribution in [0.4, 0.5) is 0 Å². The summed E-state index contributed by atoms with van der Waals surface area (Å²) in [6.07, 6.45) is 0. The van der Waals surface area contributed by atoms with Crippen molar-refractivity contribution in [2.45, 2.75) is 11.4 Å². The zero-order valence-corrected chi connectivity index (χ0v) is 16.9. The molecule has 0 aliphatic carbocycles. The van der Waals surface area contributed by atoms with Crippen molar-refractivity contribution in [3.05, 3.63) is 60.0 Å². The molecule has 0 bridgehead atoms. The average Bonchev–Trinajstić information content (AvgIpc) is 3.21. The van der Waals surface area contributed by atoms with Gasteiger partial charge >= 0.3 is 0 Å². The second kappa shape index (κ2) is 8.41. The summed E-state index contributed by atoms with van der Waals surface area (Å²) in [5.41, 5.74) is 0.953. The predicted molar refractivity (Wildman–Crippen MR) is 105 cm³/mol. The average molecular weight is 416 g/mol. The van der Waals surface area contributed by atoms with Crippen molar-refractivity contribution in [1.82, 2.24) is 19.8 Å². The van der Waals surface area contributed by atoms with Gasteiger partial charge in [0.2, 0.25) is 21.7 Å². The van der Waals surface area contributed by atoms with Crippen molar-refractivity contribution in [2.75, 3.05) is 21.2 Å². The molecule has 29 heavy (non-hydrogen) atoms. The molecule has 0 fully saturated rings. The summed E-state index contributed by atoms with van der Waals surface area (Å²) in [7, 11) is 0.801. The fourth-order valence-corrected chi connectivity index (χ4v) is 3.38. The minimum Gasteiger partial charge on any atom is -0.497 e. The molecular weight excluding hydrogens is 396 g/mol. The summed E-state index contributed by atoms with van der Waals surface area (Å²) < 4.78 is 36.5. The third-order valence-corrected chi connectivity index (χ3v) is 5.59. The van der Waals surface area contributed by atoms with Gasteiger partial charge in [-0.1, -0.05) is 23.4 Å². The van der Waals surface area contributed by atoms with E-state index in [1.807, 2.05) is 12.1 Å². The molecule has 0 unspecified atom stereocenters. The summed E-state index contributed by atoms with van der Waals surface area (Å²) in [5, 5.41) is 3.94. The van der Waals surface area contributed by atoms with E-state index >= 15 is 0 Å². The molecule has 3 rings (SSSR count). The van der Waals surface area contributed by atoms with E-state index in [0.29, 0.717) is 11.6 Å². The smallest absolute Gasteiger partial charge is 0.254 e. The van der Waals surface area contributed by atoms with E-state index < -0.39 is 10.0 Å². The molecule has 2 aromatic carbocycles. The topological polar surface area (TPSA) is 115 Å². The van der Waals surface area contributed by atoms with E-state index in [-0.39, 0.29) is 28.8 Å². The molecule has 10 heteroatoms. The van der Waals surface area contributed by atoms with Crippen LogP contribution >= 0.6 is 0 Å². The Bertz CT molecular complexity index is 1130. The van der Waals surface area contributed by atoms with Gasteiger partial charge in [0, 0.05) is 18.2 Å². The van der Waals surface area contributed by atoms with Crippen LogP contribution in [-0.2, 0) is 16.6 Å². The number of carbonyl (C=O) groups excluding carboxylic acids is 1. The standard InChI is InChI=1S/C19H20N4O5S/c1-20-29(25,26)16-9-5-7-14(11-16)19(24)23(2)12-17-21-18(22-28-17)13-6-4-8-15(10-13)27-3/h4-11,20H,12H2,1-3H3. The number of nitrogens with zero attached hydrogens (tertiary/aromatic N) is 3. The number of methoxy groups -OCH3 is 1. The first-order valence-corrected chi connectivity index (χ1v) is 10.1. The maximum absolute atomic E-state index is 12.7. The molecule has 0 aliphatic heterocycles. The minimum absolute atomic E-state index is 0.0114. The Morgan fingerprint density at radius 2 is 1.97 bits per heavy atom. The van der Waals surface area contributed by atoms with Gasteiger partial charge in [-0.2, -0.15) is 4.98 Å². The Hall–Kier alpha value is -3.24. The first-order valence-electron chi connectivity index (χ1n) is 8.60. The van der Waals surface area contributed by atoms with E-state index in [1.165, 1.54) is 30.1 Å². The fraction of sp³-hybridized carbons (Fsp3) is 0.211. The van der Waals surface area contributed by atoms with Crippen molar-refractivity contribution in [3.63, 3.8) is 0 Å². The molecule has 0 spiro atoms. The van der Waals surface area contributed by atoms with Crippen molar-refractivity contribution in [3.8, 4) is 17.1 Å². The molecule has 0 aliphatic rings. The number of carbonyl (C=O) groups is 1. The van der Waals surface area contributed by atoms with Gasteiger partial charge in [-0.3, -0.25) is 4.79 Å². The van der Waals surface area contributed by atoms with E-state index in [1.54, 1.807) is 32.4 Å². The SMILES string of the molecule is CNS(=O)(=O)c1cccc(C(=O)N(C)Cc2nc(-c3cccc(OC)c3)no2)c1. The molecule has 0 radical (unpaired) electrons. The number of hydrogen-bond donors (Lipinski definition) is 1. The highest BCUT2D eigenvalue weighted by atomic mass is 32.2. The van der Waals surface area contributed by atoms with Crippen LogP contribution in [0.15, 0.2) is 57.9 Å². The largest absolute Gasteiger partial charge is 0.497 e. The Kier molecular flexibility index (Phi) is 5.95. The Morgan fingerprint density at radius 3 is 2.69 bits per heavy atom. The van der Waals surface area contributed by atoms with Crippen molar-refractivity contribution < 1.29 is 22.5 Å². The first kappa shape index (κ1) is 20.5. The summed E-state index contributed by atoms with van der Waals surface area (Å²) in [5.74, 6) is 0.913. The van der Waals surface area contributed by atoms with Gasteiger partial charge in [0.1, 0.15) is 5.75 Å². The third kappa shape index (κ3) is 4.61. The van der Waals surface area contributed by atoms with Crippen LogP contribution in [0.5, 0.6) is 5.75 Å². The van der Waals surface area contributed by atoms with Crippen LogP contribution in [0, 0.1) is 0 Å². The number of benzene rings is 2. The molecule has 0 saturated carbocycles. The lowest BCUT2D eigenvalue weighted by atomic mass is 10.2. The molecule has 152 valence electrons. The van der Waals surface area contributed by atoms with Crippen molar-refractivity contribution >= 4 is 15.9 Å². The van der Waals surface area contributed by atoms with Crippen LogP contribution in [0.3, 0.4) is 0 Å². The van der Waals surface area contributed by atoms with Crippen LogP contribution in [0.2, 0.25) is 0 Å². The third-order valence-electron chi connectivity index (χ3n) is 4.18. The first-order chi connectivity index (χ1) is 13.8. The normalized spacial score (nSPS) is 11.3. The molecule has 0 atom stereocenters. The van der Waals surface area contributed by atoms with Gasteiger partial charge in [0.15, 0.2) is 0 Å². The quantitative estimate of drug-likeness (QED) is 0.626. The Labute approximate surface area is 168 Å². The molecule has 0 saturated heterocycles. The summed E-state index contributed by atoms with van der Waals surface area (Å²) in [6, 6.07) is 13.0. The fourth-order valence-electron chi connectivity index (χ4n) is 2.61. The number of rotatable bonds is 7. The monoisotopic (exact) mass is 416 g/mol. The number of sulfonamides is 1. The number of aromatic nitrogens is 2. The predicted octanol–water partition coefficient (Wildman–Crippen LogP) is 1.93. The van der Waals surface area contributed by atoms with Crippen LogP contribution in [0.25, 0.3) is 11.4 Å². The lowest BCUT2D eigenvalue weighted by Crippen LogP contribution is -2.27. The van der Waals surface area contributed by atoms with E-state index in [0.717, 1.165) is 5.56 Å². The van der Waals surface area contributed by atoms with Gasteiger partial charge in [0.25, 0.3) is 5.91 Å². The maximum atomic E-state index is 12.7. The van der Waals surface area contributed by atoms with Crippen LogP contribution in [-0.4, -0.2) is 50.6 Å². The number of amides is 1. The van der Waals surface area contributed by atoms with E-state index in [4.69, 9.17) is 9.26 Å². The minimum atomic E-state index is -3.64. The van der Waals surface area contributed by atoms with Gasteiger partial charge in [0.05, 0.1) is 18.6 Å². The summed E-state index contributed by atoms with van der Waals surface area (Å²) in [6.45, 7) is 0.0683. The van der Waals surface area contributed by atoms with Gasteiger partial charge < -0.3 is 14.2 Å². The number of ether oxygens (including phenoxy) is 1. The molecule has 1 N–H and O–H groups in total. The second-order valence-electron chi connectivity index (χ2n) is 6.14. The Morgan fingerprint density at radius 1 is 1.21 bits per heavy atom. The molecule has 9 nitrogen and oxygen atoms in total. The lowest BCUT2D eigenvalue weighted by Gasteiger charge is -2.15. The Balaban J connectivity index is 1.75. The van der Waals surface area contributed by atoms with Gasteiger partial charge in [-0.15, -0.1) is 0 Å². The van der Waals surface area contributed by atoms with Crippen LogP contribution in [0.1, 0.15) is 16.2 Å². The molecular formula is C19H20N4O5S. The zero-order chi connectivity index (χ0) is 21.0. The number of nitrogens with one attached hydrogen (secondary N) is 1. The molecule has 3 aromatic rings. The molecule has 1 amide bonds. The molecule has 1 heterocycles.